The fourth-order valence-electron chi connectivity index (χ4n) is 6.16. The zero-order valence-electron chi connectivity index (χ0n) is 25.1. The van der Waals surface area contributed by atoms with E-state index >= 15 is 0 Å². The Kier molecular flexibility index (Phi) is 10.6. The summed E-state index contributed by atoms with van der Waals surface area (Å²) in [5.74, 6) is 0.551. The second-order valence-corrected chi connectivity index (χ2v) is 12.4. The molecule has 2 unspecified atom stereocenters. The normalized spacial score (nSPS) is 17.4. The summed E-state index contributed by atoms with van der Waals surface area (Å²) in [4.78, 5) is 27.7. The van der Waals surface area contributed by atoms with Crippen LogP contribution in [-0.4, -0.2) is 65.2 Å². The third-order valence-corrected chi connectivity index (χ3v) is 8.29. The molecule has 2 amide bonds. The van der Waals surface area contributed by atoms with Crippen molar-refractivity contribution in [2.45, 2.75) is 64.5 Å². The first kappa shape index (κ1) is 31.1. The van der Waals surface area contributed by atoms with Crippen LogP contribution in [0.5, 0.6) is 5.75 Å². The van der Waals surface area contributed by atoms with Crippen LogP contribution in [0.4, 0.5) is 4.79 Å². The highest BCUT2D eigenvalue weighted by Crippen LogP contribution is 2.35. The van der Waals surface area contributed by atoms with Crippen molar-refractivity contribution in [1.82, 2.24) is 9.80 Å². The number of carboxylic acid groups (broad SMARTS) is 1. The third kappa shape index (κ3) is 8.58. The molecule has 0 spiro atoms. The molecule has 1 aliphatic heterocycles. The van der Waals surface area contributed by atoms with Crippen LogP contribution in [0.1, 0.15) is 62.6 Å². The van der Waals surface area contributed by atoms with Gasteiger partial charge < -0.3 is 20.5 Å². The Labute approximate surface area is 250 Å². The molecule has 0 aliphatic carbocycles. The van der Waals surface area contributed by atoms with Crippen LogP contribution < -0.4 is 10.5 Å². The van der Waals surface area contributed by atoms with Gasteiger partial charge in [0.25, 0.3) is 0 Å². The van der Waals surface area contributed by atoms with Crippen molar-refractivity contribution in [3.05, 3.63) is 102 Å². The number of ether oxygens (including phenoxy) is 1. The first-order valence-corrected chi connectivity index (χ1v) is 15.0. The van der Waals surface area contributed by atoms with Gasteiger partial charge in [0.1, 0.15) is 5.75 Å². The molecular formula is C35H45N3O4. The van der Waals surface area contributed by atoms with Crippen molar-refractivity contribution in [2.24, 2.45) is 11.1 Å². The monoisotopic (exact) mass is 571 g/mol. The van der Waals surface area contributed by atoms with Gasteiger partial charge in [0, 0.05) is 37.6 Å². The summed E-state index contributed by atoms with van der Waals surface area (Å²) in [6, 6.07) is 29.0. The lowest BCUT2D eigenvalue weighted by atomic mass is 9.78. The van der Waals surface area contributed by atoms with Gasteiger partial charge in [0.05, 0.1) is 13.0 Å². The Balaban J connectivity index is 1.54. The van der Waals surface area contributed by atoms with Crippen LogP contribution in [-0.2, 0) is 11.2 Å². The second kappa shape index (κ2) is 14.4. The van der Waals surface area contributed by atoms with Gasteiger partial charge in [-0.05, 0) is 53.5 Å². The highest BCUT2D eigenvalue weighted by atomic mass is 16.5. The van der Waals surface area contributed by atoms with Crippen LogP contribution in [0.2, 0.25) is 0 Å². The topological polar surface area (TPSA) is 96.1 Å². The third-order valence-electron chi connectivity index (χ3n) is 8.29. The number of nitrogens with two attached hydrogens (primary N) is 1. The minimum atomic E-state index is -0.835. The Morgan fingerprint density at radius 1 is 1.00 bits per heavy atom. The number of carbonyl (C=O) groups excluding carboxylic acids is 1. The van der Waals surface area contributed by atoms with Crippen molar-refractivity contribution in [2.75, 3.05) is 26.2 Å². The molecule has 4 rings (SSSR count). The molecule has 0 bridgehead atoms. The van der Waals surface area contributed by atoms with Crippen LogP contribution in [0.3, 0.4) is 0 Å². The number of nitrogens with zero attached hydrogens (tertiary/aromatic N) is 2. The predicted octanol–water partition coefficient (Wildman–Crippen LogP) is 6.17. The first-order chi connectivity index (χ1) is 20.1. The number of amides is 2. The minimum Gasteiger partial charge on any atom is -0.494 e. The maximum absolute atomic E-state index is 12.1. The summed E-state index contributed by atoms with van der Waals surface area (Å²) in [6.07, 6.45) is 1.76. The van der Waals surface area contributed by atoms with Gasteiger partial charge in [-0.2, -0.15) is 0 Å². The number of hydrogen-bond acceptors (Lipinski definition) is 4. The van der Waals surface area contributed by atoms with E-state index in [1.54, 1.807) is 4.90 Å². The molecule has 42 heavy (non-hydrogen) atoms. The first-order valence-electron chi connectivity index (χ1n) is 15.0. The molecule has 1 fully saturated rings. The van der Waals surface area contributed by atoms with Crippen molar-refractivity contribution in [3.63, 3.8) is 0 Å². The van der Waals surface area contributed by atoms with Crippen LogP contribution in [0.15, 0.2) is 84.9 Å². The predicted molar refractivity (Wildman–Crippen MR) is 167 cm³/mol. The van der Waals surface area contributed by atoms with E-state index in [2.05, 4.69) is 86.3 Å². The van der Waals surface area contributed by atoms with Gasteiger partial charge in [-0.25, -0.2) is 4.79 Å². The number of benzene rings is 3. The molecule has 1 heterocycles. The van der Waals surface area contributed by atoms with Crippen molar-refractivity contribution in [3.8, 4) is 5.75 Å². The number of hydrogen-bond donors (Lipinski definition) is 2. The number of carbonyl (C=O) groups is 2. The molecule has 3 aromatic rings. The average molecular weight is 572 g/mol. The number of primary amides is 1. The molecule has 2 atom stereocenters. The maximum Gasteiger partial charge on any atom is 0.407 e. The molecule has 0 radical (unpaired) electrons. The lowest BCUT2D eigenvalue weighted by Gasteiger charge is -2.48. The summed E-state index contributed by atoms with van der Waals surface area (Å²) in [7, 11) is 0. The zero-order valence-corrected chi connectivity index (χ0v) is 25.1. The summed E-state index contributed by atoms with van der Waals surface area (Å²) in [5.41, 5.74) is 8.58. The van der Waals surface area contributed by atoms with E-state index in [0.29, 0.717) is 13.2 Å². The fourth-order valence-corrected chi connectivity index (χ4v) is 6.16. The molecule has 7 nitrogen and oxygen atoms in total. The second-order valence-electron chi connectivity index (χ2n) is 12.4. The van der Waals surface area contributed by atoms with Crippen LogP contribution in [0.25, 0.3) is 0 Å². The van der Waals surface area contributed by atoms with Crippen molar-refractivity contribution in [1.29, 1.82) is 0 Å². The Bertz CT molecular complexity index is 1250. The van der Waals surface area contributed by atoms with Gasteiger partial charge in [0.15, 0.2) is 0 Å². The van der Waals surface area contributed by atoms with Crippen LogP contribution >= 0.6 is 0 Å². The Morgan fingerprint density at radius 3 is 2.21 bits per heavy atom. The standard InChI is InChI=1S/C35H45N3O4/c1-35(2,3)32-24-29(18-20-38(32)34(40)41)37(19-11-21-42-30-17-10-12-26(22-30)23-33(36)39)25-31(27-13-6-4-7-14-27)28-15-8-5-9-16-28/h4-10,12-17,22,29,31-32H,11,18-21,23-25H2,1-3H3,(H2,36,39)(H,40,41). The average Bonchev–Trinajstić information content (AvgIpc) is 2.97. The molecule has 3 aromatic carbocycles. The molecule has 1 aliphatic rings. The lowest BCUT2D eigenvalue weighted by Crippen LogP contribution is -2.56. The molecule has 1 saturated heterocycles. The number of likely N-dealkylation sites (tertiary alicyclic amines) is 1. The zero-order chi connectivity index (χ0) is 30.1. The fraction of sp³-hybridized carbons (Fsp3) is 0.429. The van der Waals surface area contributed by atoms with E-state index < -0.39 is 6.09 Å². The Morgan fingerprint density at radius 2 is 1.64 bits per heavy atom. The van der Waals surface area contributed by atoms with Gasteiger partial charge in [-0.15, -0.1) is 0 Å². The summed E-state index contributed by atoms with van der Waals surface area (Å²) in [6.45, 7) is 9.13. The van der Waals surface area contributed by atoms with E-state index in [-0.39, 0.29) is 35.7 Å². The molecular weight excluding hydrogens is 526 g/mol. The van der Waals surface area contributed by atoms with Gasteiger partial charge in [-0.1, -0.05) is 93.6 Å². The summed E-state index contributed by atoms with van der Waals surface area (Å²) >= 11 is 0. The van der Waals surface area contributed by atoms with E-state index in [0.717, 1.165) is 43.7 Å². The van der Waals surface area contributed by atoms with Crippen molar-refractivity contribution >= 4 is 12.0 Å². The Hall–Kier alpha value is -3.84. The lowest BCUT2D eigenvalue weighted by molar-refractivity contribution is -0.117. The van der Waals surface area contributed by atoms with Gasteiger partial charge in [0.2, 0.25) is 5.91 Å². The number of rotatable bonds is 12. The van der Waals surface area contributed by atoms with Crippen molar-refractivity contribution < 1.29 is 19.4 Å². The molecule has 0 aromatic heterocycles. The van der Waals surface area contributed by atoms with E-state index in [1.807, 2.05) is 24.3 Å². The van der Waals surface area contributed by atoms with E-state index in [9.17, 15) is 14.7 Å². The van der Waals surface area contributed by atoms with E-state index in [1.165, 1.54) is 11.1 Å². The molecule has 0 saturated carbocycles. The molecule has 7 heteroatoms. The maximum atomic E-state index is 12.1. The summed E-state index contributed by atoms with van der Waals surface area (Å²) < 4.78 is 6.10. The van der Waals surface area contributed by atoms with E-state index in [4.69, 9.17) is 10.5 Å². The largest absolute Gasteiger partial charge is 0.494 e. The number of piperidine rings is 1. The van der Waals surface area contributed by atoms with Gasteiger partial charge in [-0.3, -0.25) is 9.69 Å². The quantitative estimate of drug-likeness (QED) is 0.253. The smallest absolute Gasteiger partial charge is 0.407 e. The SMILES string of the molecule is CC(C)(C)C1CC(N(CCCOc2cccc(CC(N)=O)c2)CC(c2ccccc2)c2ccccc2)CCN1C(=O)O. The van der Waals surface area contributed by atoms with Crippen LogP contribution in [0, 0.1) is 5.41 Å². The minimum absolute atomic E-state index is 0.0626. The highest BCUT2D eigenvalue weighted by Gasteiger charge is 2.40. The molecule has 3 N–H and O–H groups in total. The highest BCUT2D eigenvalue weighted by molar-refractivity contribution is 5.76. The van der Waals surface area contributed by atoms with Gasteiger partial charge >= 0.3 is 6.09 Å². The molecule has 224 valence electrons. The summed E-state index contributed by atoms with van der Waals surface area (Å²) in [5, 5.41) is 9.96.